The standard InChI is InChI=1S/C15H17N3O2/c19-15(20-12-5-2-1-3-6-12)18-9-4-7-13-14(8-10-18)17-11-16-13/h1-3,5-6,11H,4,7-10H2,(H,16,17). The second-order valence-electron chi connectivity index (χ2n) is 4.85. The molecule has 0 bridgehead atoms. The zero-order chi connectivity index (χ0) is 13.8. The van der Waals surface area contributed by atoms with E-state index in [4.69, 9.17) is 4.74 Å². The van der Waals surface area contributed by atoms with Crippen molar-refractivity contribution in [3.8, 4) is 5.75 Å². The fourth-order valence-corrected chi connectivity index (χ4v) is 2.42. The van der Waals surface area contributed by atoms with Gasteiger partial charge < -0.3 is 14.6 Å². The predicted octanol–water partition coefficient (Wildman–Crippen LogP) is 2.40. The van der Waals surface area contributed by atoms with Crippen LogP contribution < -0.4 is 4.74 Å². The first-order chi connectivity index (χ1) is 9.83. The molecule has 2 heterocycles. The van der Waals surface area contributed by atoms with Crippen molar-refractivity contribution in [2.45, 2.75) is 19.3 Å². The number of nitrogens with one attached hydrogen (secondary N) is 1. The summed E-state index contributed by atoms with van der Waals surface area (Å²) in [7, 11) is 0. The van der Waals surface area contributed by atoms with E-state index < -0.39 is 0 Å². The van der Waals surface area contributed by atoms with Gasteiger partial charge in [-0.3, -0.25) is 0 Å². The van der Waals surface area contributed by atoms with Crippen LogP contribution in [0.15, 0.2) is 36.7 Å². The third-order valence-corrected chi connectivity index (χ3v) is 3.49. The van der Waals surface area contributed by atoms with Crippen molar-refractivity contribution in [1.82, 2.24) is 14.9 Å². The van der Waals surface area contributed by atoms with Crippen molar-refractivity contribution in [2.24, 2.45) is 0 Å². The number of H-pyrrole nitrogens is 1. The molecule has 0 saturated carbocycles. The van der Waals surface area contributed by atoms with Crippen molar-refractivity contribution >= 4 is 6.09 Å². The van der Waals surface area contributed by atoms with Crippen LogP contribution in [0.25, 0.3) is 0 Å². The minimum Gasteiger partial charge on any atom is -0.410 e. The Bertz CT molecular complexity index is 580. The number of ether oxygens (including phenoxy) is 1. The van der Waals surface area contributed by atoms with Crippen LogP contribution in [-0.4, -0.2) is 34.1 Å². The number of imidazole rings is 1. The molecule has 1 aromatic carbocycles. The first-order valence-electron chi connectivity index (χ1n) is 6.86. The smallest absolute Gasteiger partial charge is 0.410 e. The highest BCUT2D eigenvalue weighted by Gasteiger charge is 2.19. The molecular formula is C15H17N3O2. The number of benzene rings is 1. The fourth-order valence-electron chi connectivity index (χ4n) is 2.42. The van der Waals surface area contributed by atoms with Crippen molar-refractivity contribution in [3.05, 3.63) is 48.0 Å². The Morgan fingerprint density at radius 1 is 1.20 bits per heavy atom. The largest absolute Gasteiger partial charge is 0.415 e. The number of amides is 1. The second kappa shape index (κ2) is 5.77. The molecule has 0 atom stereocenters. The molecule has 1 amide bonds. The Morgan fingerprint density at radius 2 is 2.05 bits per heavy atom. The molecule has 1 aliphatic rings. The van der Waals surface area contributed by atoms with E-state index in [1.807, 2.05) is 18.2 Å². The predicted molar refractivity (Wildman–Crippen MR) is 74.7 cm³/mol. The van der Waals surface area contributed by atoms with Crippen molar-refractivity contribution in [1.29, 1.82) is 0 Å². The summed E-state index contributed by atoms with van der Waals surface area (Å²) in [5, 5.41) is 0. The van der Waals surface area contributed by atoms with E-state index in [0.29, 0.717) is 18.8 Å². The summed E-state index contributed by atoms with van der Waals surface area (Å²) < 4.78 is 5.38. The summed E-state index contributed by atoms with van der Waals surface area (Å²) in [6, 6.07) is 9.17. The van der Waals surface area contributed by atoms with Crippen molar-refractivity contribution in [2.75, 3.05) is 13.1 Å². The van der Waals surface area contributed by atoms with Crippen LogP contribution in [0, 0.1) is 0 Å². The molecule has 20 heavy (non-hydrogen) atoms. The number of aryl methyl sites for hydroxylation is 1. The third kappa shape index (κ3) is 2.82. The van der Waals surface area contributed by atoms with E-state index in [1.54, 1.807) is 23.4 Å². The van der Waals surface area contributed by atoms with E-state index >= 15 is 0 Å². The maximum absolute atomic E-state index is 12.2. The number of carbonyl (C=O) groups is 1. The van der Waals surface area contributed by atoms with Gasteiger partial charge in [0.25, 0.3) is 0 Å². The highest BCUT2D eigenvalue weighted by Crippen LogP contribution is 2.15. The van der Waals surface area contributed by atoms with E-state index in [-0.39, 0.29) is 6.09 Å². The van der Waals surface area contributed by atoms with Crippen LogP contribution in [0.2, 0.25) is 0 Å². The monoisotopic (exact) mass is 271 g/mol. The van der Waals surface area contributed by atoms with Gasteiger partial charge in [-0.1, -0.05) is 18.2 Å². The minimum atomic E-state index is -0.282. The Labute approximate surface area is 117 Å². The van der Waals surface area contributed by atoms with Gasteiger partial charge in [0.05, 0.1) is 12.0 Å². The number of fused-ring (bicyclic) bond motifs is 1. The average molecular weight is 271 g/mol. The lowest BCUT2D eigenvalue weighted by Gasteiger charge is -2.23. The molecule has 5 nitrogen and oxygen atoms in total. The van der Waals surface area contributed by atoms with Gasteiger partial charge in [-0.2, -0.15) is 0 Å². The first kappa shape index (κ1) is 12.7. The van der Waals surface area contributed by atoms with Gasteiger partial charge in [0.2, 0.25) is 0 Å². The summed E-state index contributed by atoms with van der Waals surface area (Å²) in [5.41, 5.74) is 2.25. The zero-order valence-corrected chi connectivity index (χ0v) is 11.2. The topological polar surface area (TPSA) is 58.2 Å². The van der Waals surface area contributed by atoms with E-state index in [0.717, 1.165) is 25.0 Å². The first-order valence-corrected chi connectivity index (χ1v) is 6.86. The third-order valence-electron chi connectivity index (χ3n) is 3.49. The number of rotatable bonds is 1. The van der Waals surface area contributed by atoms with Gasteiger partial charge in [0, 0.05) is 25.2 Å². The molecule has 0 unspecified atom stereocenters. The molecule has 1 aromatic heterocycles. The molecule has 2 aromatic rings. The second-order valence-corrected chi connectivity index (χ2v) is 4.85. The summed E-state index contributed by atoms with van der Waals surface area (Å²) in [5.74, 6) is 0.583. The average Bonchev–Trinajstić information content (AvgIpc) is 2.86. The fraction of sp³-hybridized carbons (Fsp3) is 0.333. The van der Waals surface area contributed by atoms with E-state index in [2.05, 4.69) is 9.97 Å². The number of nitrogens with zero attached hydrogens (tertiary/aromatic N) is 2. The maximum Gasteiger partial charge on any atom is 0.415 e. The lowest BCUT2D eigenvalue weighted by atomic mass is 10.1. The number of carbonyl (C=O) groups excluding carboxylic acids is 1. The molecule has 1 aliphatic heterocycles. The minimum absolute atomic E-state index is 0.282. The maximum atomic E-state index is 12.2. The summed E-state index contributed by atoms with van der Waals surface area (Å²) in [6.45, 7) is 1.35. The lowest BCUT2D eigenvalue weighted by molar-refractivity contribution is 0.151. The van der Waals surface area contributed by atoms with Crippen LogP contribution in [-0.2, 0) is 12.8 Å². The van der Waals surface area contributed by atoms with Gasteiger partial charge in [-0.15, -0.1) is 0 Å². The molecule has 1 N–H and O–H groups in total. The summed E-state index contributed by atoms with van der Waals surface area (Å²) in [6.07, 6.45) is 4.05. The SMILES string of the molecule is O=C(Oc1ccccc1)N1CCCc2[nH]cnc2CC1. The van der Waals surface area contributed by atoms with Crippen LogP contribution in [0.4, 0.5) is 4.79 Å². The van der Waals surface area contributed by atoms with Crippen LogP contribution in [0.1, 0.15) is 17.8 Å². The van der Waals surface area contributed by atoms with Gasteiger partial charge in [-0.05, 0) is 25.0 Å². The number of aromatic nitrogens is 2. The normalized spacial score (nSPS) is 15.1. The quantitative estimate of drug-likeness (QED) is 0.866. The molecule has 0 spiro atoms. The molecule has 0 radical (unpaired) electrons. The highest BCUT2D eigenvalue weighted by atomic mass is 16.6. The van der Waals surface area contributed by atoms with Crippen LogP contribution in [0.3, 0.4) is 0 Å². The molecule has 0 fully saturated rings. The number of aromatic amines is 1. The van der Waals surface area contributed by atoms with Gasteiger partial charge in [0.15, 0.2) is 0 Å². The summed E-state index contributed by atoms with van der Waals surface area (Å²) >= 11 is 0. The van der Waals surface area contributed by atoms with Gasteiger partial charge >= 0.3 is 6.09 Å². The van der Waals surface area contributed by atoms with E-state index in [1.165, 1.54) is 5.69 Å². The molecular weight excluding hydrogens is 254 g/mol. The number of hydrogen-bond donors (Lipinski definition) is 1. The van der Waals surface area contributed by atoms with E-state index in [9.17, 15) is 4.79 Å². The molecule has 104 valence electrons. The number of hydrogen-bond acceptors (Lipinski definition) is 3. The molecule has 0 saturated heterocycles. The van der Waals surface area contributed by atoms with Gasteiger partial charge in [-0.25, -0.2) is 9.78 Å². The summed E-state index contributed by atoms with van der Waals surface area (Å²) in [4.78, 5) is 21.4. The van der Waals surface area contributed by atoms with Gasteiger partial charge in [0.1, 0.15) is 5.75 Å². The lowest BCUT2D eigenvalue weighted by Crippen LogP contribution is -2.37. The molecule has 0 aliphatic carbocycles. The Morgan fingerprint density at radius 3 is 2.90 bits per heavy atom. The van der Waals surface area contributed by atoms with Crippen LogP contribution in [0.5, 0.6) is 5.75 Å². The highest BCUT2D eigenvalue weighted by molar-refractivity contribution is 5.70. The Balaban J connectivity index is 1.64. The van der Waals surface area contributed by atoms with Crippen LogP contribution >= 0.6 is 0 Å². The molecule has 3 rings (SSSR count). The Hall–Kier alpha value is -2.30. The Kier molecular flexibility index (Phi) is 3.67. The van der Waals surface area contributed by atoms with Crippen molar-refractivity contribution < 1.29 is 9.53 Å². The molecule has 5 heteroatoms. The number of para-hydroxylation sites is 1. The van der Waals surface area contributed by atoms with Crippen molar-refractivity contribution in [3.63, 3.8) is 0 Å². The zero-order valence-electron chi connectivity index (χ0n) is 11.2.